The van der Waals surface area contributed by atoms with Crippen LogP contribution in [0.3, 0.4) is 0 Å². The Hall–Kier alpha value is -0.990. The molecule has 0 saturated heterocycles. The van der Waals surface area contributed by atoms with Gasteiger partial charge in [-0.25, -0.2) is 4.79 Å². The van der Waals surface area contributed by atoms with Crippen molar-refractivity contribution in [1.29, 1.82) is 0 Å². The zero-order valence-corrected chi connectivity index (χ0v) is 9.01. The standard InChI is InChI=1S/C11H19NO2/c1-3-9(2)14-11(13)12-10-7-5-4-6-8-10/h3,10H,4-8H2,1-2H3,(H,12,13). The van der Waals surface area contributed by atoms with Crippen LogP contribution in [-0.4, -0.2) is 12.1 Å². The highest BCUT2D eigenvalue weighted by Gasteiger charge is 2.16. The van der Waals surface area contributed by atoms with Gasteiger partial charge >= 0.3 is 6.09 Å². The highest BCUT2D eigenvalue weighted by atomic mass is 16.6. The van der Waals surface area contributed by atoms with E-state index in [1.807, 2.05) is 6.92 Å². The van der Waals surface area contributed by atoms with Crippen LogP contribution in [-0.2, 0) is 4.74 Å². The van der Waals surface area contributed by atoms with Crippen molar-refractivity contribution in [3.8, 4) is 0 Å². The monoisotopic (exact) mass is 197 g/mol. The summed E-state index contributed by atoms with van der Waals surface area (Å²) in [6, 6.07) is 0.320. The minimum Gasteiger partial charge on any atom is -0.416 e. The van der Waals surface area contributed by atoms with Crippen molar-refractivity contribution in [2.75, 3.05) is 0 Å². The van der Waals surface area contributed by atoms with Crippen LogP contribution in [0.5, 0.6) is 0 Å². The molecule has 1 N–H and O–H groups in total. The van der Waals surface area contributed by atoms with Crippen molar-refractivity contribution < 1.29 is 9.53 Å². The van der Waals surface area contributed by atoms with Crippen molar-refractivity contribution in [2.24, 2.45) is 0 Å². The van der Waals surface area contributed by atoms with Gasteiger partial charge in [0.25, 0.3) is 0 Å². The Balaban J connectivity index is 2.25. The van der Waals surface area contributed by atoms with Crippen molar-refractivity contribution in [2.45, 2.75) is 52.0 Å². The normalized spacial score (nSPS) is 19.1. The van der Waals surface area contributed by atoms with Gasteiger partial charge in [0.1, 0.15) is 5.76 Å². The molecule has 0 bridgehead atoms. The first-order chi connectivity index (χ1) is 6.72. The van der Waals surface area contributed by atoms with E-state index in [2.05, 4.69) is 5.32 Å². The van der Waals surface area contributed by atoms with E-state index >= 15 is 0 Å². The molecule has 80 valence electrons. The van der Waals surface area contributed by atoms with Gasteiger partial charge in [-0.1, -0.05) is 19.3 Å². The molecule has 0 aliphatic heterocycles. The Morgan fingerprint density at radius 1 is 1.36 bits per heavy atom. The lowest BCUT2D eigenvalue weighted by Gasteiger charge is -2.22. The van der Waals surface area contributed by atoms with Gasteiger partial charge in [-0.2, -0.15) is 0 Å². The van der Waals surface area contributed by atoms with Gasteiger partial charge in [0, 0.05) is 6.04 Å². The zero-order chi connectivity index (χ0) is 10.4. The van der Waals surface area contributed by atoms with Crippen LogP contribution in [0.2, 0.25) is 0 Å². The third kappa shape index (κ3) is 3.81. The number of carbonyl (C=O) groups is 1. The topological polar surface area (TPSA) is 38.3 Å². The van der Waals surface area contributed by atoms with Gasteiger partial charge < -0.3 is 10.1 Å². The fraction of sp³-hybridized carbons (Fsp3) is 0.727. The molecule has 0 radical (unpaired) electrons. The average molecular weight is 197 g/mol. The fourth-order valence-corrected chi connectivity index (χ4v) is 1.65. The highest BCUT2D eigenvalue weighted by Crippen LogP contribution is 2.17. The van der Waals surface area contributed by atoms with Crippen LogP contribution in [0.1, 0.15) is 46.0 Å². The Kier molecular flexibility index (Phi) is 4.50. The zero-order valence-electron chi connectivity index (χ0n) is 9.01. The molecule has 0 aromatic rings. The molecule has 0 aromatic heterocycles. The van der Waals surface area contributed by atoms with Crippen molar-refractivity contribution >= 4 is 6.09 Å². The average Bonchev–Trinajstić information content (AvgIpc) is 2.19. The van der Waals surface area contributed by atoms with Gasteiger partial charge in [-0.15, -0.1) is 0 Å². The SMILES string of the molecule is CC=C(C)OC(=O)NC1CCCCC1. The number of hydrogen-bond acceptors (Lipinski definition) is 2. The van der Waals surface area contributed by atoms with E-state index in [0.717, 1.165) is 12.8 Å². The first-order valence-electron chi connectivity index (χ1n) is 5.33. The summed E-state index contributed by atoms with van der Waals surface area (Å²) in [5.74, 6) is 0.651. The smallest absolute Gasteiger partial charge is 0.412 e. The molecule has 1 rings (SSSR count). The molecule has 3 nitrogen and oxygen atoms in total. The van der Waals surface area contributed by atoms with E-state index in [1.54, 1.807) is 13.0 Å². The molecule has 1 saturated carbocycles. The van der Waals surface area contributed by atoms with Crippen LogP contribution in [0.15, 0.2) is 11.8 Å². The van der Waals surface area contributed by atoms with Crippen LogP contribution in [0.25, 0.3) is 0 Å². The second-order valence-corrected chi connectivity index (χ2v) is 3.77. The summed E-state index contributed by atoms with van der Waals surface area (Å²) in [6.07, 6.45) is 7.36. The van der Waals surface area contributed by atoms with Crippen LogP contribution >= 0.6 is 0 Å². The minimum absolute atomic E-state index is 0.312. The minimum atomic E-state index is -0.312. The maximum Gasteiger partial charge on any atom is 0.412 e. The van der Waals surface area contributed by atoms with Crippen molar-refractivity contribution in [1.82, 2.24) is 5.32 Å². The lowest BCUT2D eigenvalue weighted by molar-refractivity contribution is 0.168. The Labute approximate surface area is 85.5 Å². The molecule has 0 spiro atoms. The third-order valence-electron chi connectivity index (χ3n) is 2.59. The van der Waals surface area contributed by atoms with Crippen molar-refractivity contribution in [3.05, 3.63) is 11.8 Å². The number of rotatable bonds is 2. The summed E-state index contributed by atoms with van der Waals surface area (Å²) in [6.45, 7) is 3.63. The second kappa shape index (κ2) is 5.68. The van der Waals surface area contributed by atoms with E-state index in [9.17, 15) is 4.79 Å². The third-order valence-corrected chi connectivity index (χ3v) is 2.59. The summed E-state index contributed by atoms with van der Waals surface area (Å²) in [5.41, 5.74) is 0. The number of nitrogens with one attached hydrogen (secondary N) is 1. The van der Waals surface area contributed by atoms with Gasteiger partial charge in [0.15, 0.2) is 0 Å². The van der Waals surface area contributed by atoms with E-state index in [0.29, 0.717) is 11.8 Å². The molecule has 1 fully saturated rings. The number of allylic oxidation sites excluding steroid dienone is 2. The van der Waals surface area contributed by atoms with Gasteiger partial charge in [0.2, 0.25) is 0 Å². The van der Waals surface area contributed by atoms with E-state index in [4.69, 9.17) is 4.74 Å². The molecule has 0 unspecified atom stereocenters. The Morgan fingerprint density at radius 2 is 2.00 bits per heavy atom. The Bertz CT molecular complexity index is 217. The van der Waals surface area contributed by atoms with Gasteiger partial charge in [-0.3, -0.25) is 0 Å². The Morgan fingerprint density at radius 3 is 2.57 bits per heavy atom. The summed E-state index contributed by atoms with van der Waals surface area (Å²) in [7, 11) is 0. The molecule has 0 aromatic carbocycles. The second-order valence-electron chi connectivity index (χ2n) is 3.77. The number of amides is 1. The highest BCUT2D eigenvalue weighted by molar-refractivity contribution is 5.68. The molecule has 1 amide bonds. The lowest BCUT2D eigenvalue weighted by Crippen LogP contribution is -2.36. The first-order valence-corrected chi connectivity index (χ1v) is 5.33. The number of carbonyl (C=O) groups excluding carboxylic acids is 1. The van der Waals surface area contributed by atoms with Crippen LogP contribution < -0.4 is 5.32 Å². The molecular weight excluding hydrogens is 178 g/mol. The number of ether oxygens (including phenoxy) is 1. The van der Waals surface area contributed by atoms with E-state index in [1.165, 1.54) is 19.3 Å². The van der Waals surface area contributed by atoms with E-state index < -0.39 is 0 Å². The molecule has 0 heterocycles. The molecule has 1 aliphatic carbocycles. The summed E-state index contributed by atoms with van der Waals surface area (Å²) < 4.78 is 5.01. The predicted molar refractivity (Wildman–Crippen MR) is 55.9 cm³/mol. The van der Waals surface area contributed by atoms with Crippen molar-refractivity contribution in [3.63, 3.8) is 0 Å². The summed E-state index contributed by atoms with van der Waals surface area (Å²) in [5, 5.41) is 2.88. The van der Waals surface area contributed by atoms with Crippen LogP contribution in [0.4, 0.5) is 4.79 Å². The van der Waals surface area contributed by atoms with Crippen LogP contribution in [0, 0.1) is 0 Å². The summed E-state index contributed by atoms with van der Waals surface area (Å²) in [4.78, 5) is 11.3. The fourth-order valence-electron chi connectivity index (χ4n) is 1.65. The molecular formula is C11H19NO2. The molecule has 0 atom stereocenters. The lowest BCUT2D eigenvalue weighted by atomic mass is 9.96. The quantitative estimate of drug-likeness (QED) is 0.691. The summed E-state index contributed by atoms with van der Waals surface area (Å²) >= 11 is 0. The first kappa shape index (κ1) is 11.1. The molecule has 14 heavy (non-hydrogen) atoms. The maximum atomic E-state index is 11.3. The van der Waals surface area contributed by atoms with E-state index in [-0.39, 0.29) is 6.09 Å². The largest absolute Gasteiger partial charge is 0.416 e. The predicted octanol–water partition coefficient (Wildman–Crippen LogP) is 2.97. The molecule has 3 heteroatoms. The maximum absolute atomic E-state index is 11.3. The number of alkyl carbamates (subject to hydrolysis) is 1. The molecule has 1 aliphatic rings. The van der Waals surface area contributed by atoms with Gasteiger partial charge in [0.05, 0.1) is 0 Å². The van der Waals surface area contributed by atoms with Gasteiger partial charge in [-0.05, 0) is 32.8 Å². The number of hydrogen-bond donors (Lipinski definition) is 1.